The highest BCUT2D eigenvalue weighted by atomic mass is 16.5. The van der Waals surface area contributed by atoms with E-state index in [1.165, 1.54) is 24.3 Å². The minimum Gasteiger partial charge on any atom is -0.508 e. The summed E-state index contributed by atoms with van der Waals surface area (Å²) in [5.74, 6) is -0.487. The van der Waals surface area contributed by atoms with Crippen molar-refractivity contribution in [3.63, 3.8) is 0 Å². The zero-order valence-corrected chi connectivity index (χ0v) is 16.1. The van der Waals surface area contributed by atoms with Gasteiger partial charge in [0.15, 0.2) is 0 Å². The van der Waals surface area contributed by atoms with Crippen LogP contribution in [0.25, 0.3) is 0 Å². The molecule has 0 saturated carbocycles. The summed E-state index contributed by atoms with van der Waals surface area (Å²) in [7, 11) is 0. The largest absolute Gasteiger partial charge is 0.508 e. The third-order valence-electron chi connectivity index (χ3n) is 5.04. The van der Waals surface area contributed by atoms with Gasteiger partial charge in [-0.15, -0.1) is 0 Å². The van der Waals surface area contributed by atoms with Crippen molar-refractivity contribution >= 4 is 11.8 Å². The first-order chi connectivity index (χ1) is 14.0. The summed E-state index contributed by atoms with van der Waals surface area (Å²) in [4.78, 5) is 25.1. The maximum atomic E-state index is 12.6. The monoisotopic (exact) mass is 398 g/mol. The molecule has 29 heavy (non-hydrogen) atoms. The van der Waals surface area contributed by atoms with Crippen LogP contribution in [-0.4, -0.2) is 47.9 Å². The molecule has 1 saturated heterocycles. The first-order valence-electron chi connectivity index (χ1n) is 9.70. The van der Waals surface area contributed by atoms with Crippen molar-refractivity contribution in [1.82, 2.24) is 10.6 Å². The minimum absolute atomic E-state index is 0.0365. The molecule has 1 heterocycles. The molecule has 2 aromatic rings. The molecule has 2 amide bonds. The second-order valence-electron chi connectivity index (χ2n) is 7.18. The summed E-state index contributed by atoms with van der Waals surface area (Å²) in [6.07, 6.45) is 0.178. The van der Waals surface area contributed by atoms with Crippen LogP contribution in [-0.2, 0) is 9.53 Å². The van der Waals surface area contributed by atoms with E-state index in [2.05, 4.69) is 10.6 Å². The van der Waals surface area contributed by atoms with E-state index >= 15 is 0 Å². The second-order valence-corrected chi connectivity index (χ2v) is 7.18. The molecule has 0 bridgehead atoms. The van der Waals surface area contributed by atoms with Gasteiger partial charge in [-0.2, -0.15) is 0 Å². The number of benzene rings is 2. The maximum Gasteiger partial charge on any atom is 0.251 e. The number of carbonyl (C=O) groups is 2. The van der Waals surface area contributed by atoms with Gasteiger partial charge in [-0.3, -0.25) is 9.59 Å². The van der Waals surface area contributed by atoms with Crippen LogP contribution >= 0.6 is 0 Å². The zero-order valence-electron chi connectivity index (χ0n) is 16.1. The molecule has 2 aromatic carbocycles. The Balaban J connectivity index is 1.61. The van der Waals surface area contributed by atoms with Crippen LogP contribution in [0.1, 0.15) is 34.8 Å². The fourth-order valence-corrected chi connectivity index (χ4v) is 3.29. The number of rotatable bonds is 8. The average molecular weight is 398 g/mol. The van der Waals surface area contributed by atoms with E-state index in [-0.39, 0.29) is 36.4 Å². The minimum atomic E-state index is -0.650. The molecule has 3 unspecified atom stereocenters. The Labute approximate surface area is 169 Å². The molecule has 7 heteroatoms. The SMILES string of the molecule is O=C(CC(NC(=O)c1ccc(O)cc1)c1ccccc1)NCC(O)C1CCOC1. The Bertz CT molecular complexity index is 804. The summed E-state index contributed by atoms with van der Waals surface area (Å²) in [5.41, 5.74) is 1.19. The van der Waals surface area contributed by atoms with Crippen LogP contribution in [0.5, 0.6) is 5.75 Å². The normalized spacial score (nSPS) is 18.0. The zero-order chi connectivity index (χ0) is 20.6. The number of hydrogen-bond acceptors (Lipinski definition) is 5. The molecule has 0 spiro atoms. The number of amides is 2. The second kappa shape index (κ2) is 10.0. The van der Waals surface area contributed by atoms with E-state index in [1.807, 2.05) is 30.3 Å². The van der Waals surface area contributed by atoms with Crippen LogP contribution < -0.4 is 10.6 Å². The Kier molecular flexibility index (Phi) is 7.21. The fourth-order valence-electron chi connectivity index (χ4n) is 3.29. The van der Waals surface area contributed by atoms with E-state index in [9.17, 15) is 19.8 Å². The van der Waals surface area contributed by atoms with Gasteiger partial charge in [0.25, 0.3) is 5.91 Å². The van der Waals surface area contributed by atoms with Crippen molar-refractivity contribution in [2.24, 2.45) is 5.92 Å². The van der Waals surface area contributed by atoms with Crippen LogP contribution in [0.3, 0.4) is 0 Å². The molecule has 1 fully saturated rings. The molecule has 0 aliphatic carbocycles. The summed E-state index contributed by atoms with van der Waals surface area (Å²) >= 11 is 0. The number of phenolic OH excluding ortho intramolecular Hbond substituents is 1. The van der Waals surface area contributed by atoms with Gasteiger partial charge in [0.2, 0.25) is 5.91 Å². The van der Waals surface area contributed by atoms with E-state index < -0.39 is 12.1 Å². The molecule has 3 atom stereocenters. The Morgan fingerprint density at radius 1 is 1.10 bits per heavy atom. The van der Waals surface area contributed by atoms with Crippen molar-refractivity contribution < 1.29 is 24.5 Å². The Morgan fingerprint density at radius 3 is 2.48 bits per heavy atom. The van der Waals surface area contributed by atoms with Gasteiger partial charge in [-0.25, -0.2) is 0 Å². The van der Waals surface area contributed by atoms with Gasteiger partial charge in [0, 0.05) is 24.6 Å². The Hall–Kier alpha value is -2.90. The summed E-state index contributed by atoms with van der Waals surface area (Å²) in [6, 6.07) is 14.6. The number of aromatic hydroxyl groups is 1. The van der Waals surface area contributed by atoms with Gasteiger partial charge in [0.1, 0.15) is 5.75 Å². The number of aliphatic hydroxyl groups is 1. The lowest BCUT2D eigenvalue weighted by Crippen LogP contribution is -2.39. The van der Waals surface area contributed by atoms with Gasteiger partial charge in [0.05, 0.1) is 25.2 Å². The van der Waals surface area contributed by atoms with Crippen LogP contribution in [0.4, 0.5) is 0 Å². The fraction of sp³-hybridized carbons (Fsp3) is 0.364. The number of ether oxygens (including phenoxy) is 1. The van der Waals surface area contributed by atoms with Crippen molar-refractivity contribution in [2.75, 3.05) is 19.8 Å². The lowest BCUT2D eigenvalue weighted by atomic mass is 10.0. The third kappa shape index (κ3) is 6.04. The number of aliphatic hydroxyl groups excluding tert-OH is 1. The van der Waals surface area contributed by atoms with Crippen molar-refractivity contribution in [3.8, 4) is 5.75 Å². The van der Waals surface area contributed by atoms with Gasteiger partial charge >= 0.3 is 0 Å². The smallest absolute Gasteiger partial charge is 0.251 e. The standard InChI is InChI=1S/C22H26N2O5/c25-18-8-6-16(7-9-18)22(28)24-19(15-4-2-1-3-5-15)12-21(27)23-13-20(26)17-10-11-29-14-17/h1-9,17,19-20,25-26H,10-14H2,(H,23,27)(H,24,28). The van der Waals surface area contributed by atoms with Gasteiger partial charge in [-0.05, 0) is 36.2 Å². The number of hydrogen-bond donors (Lipinski definition) is 4. The first-order valence-corrected chi connectivity index (χ1v) is 9.70. The summed E-state index contributed by atoms with van der Waals surface area (Å²) in [6.45, 7) is 1.29. The van der Waals surface area contributed by atoms with Crippen molar-refractivity contribution in [3.05, 3.63) is 65.7 Å². The highest BCUT2D eigenvalue weighted by molar-refractivity contribution is 5.95. The number of phenols is 1. The summed E-state index contributed by atoms with van der Waals surface area (Å²) < 4.78 is 5.26. The van der Waals surface area contributed by atoms with Crippen molar-refractivity contribution in [2.45, 2.75) is 25.0 Å². The molecule has 154 valence electrons. The first kappa shape index (κ1) is 20.8. The van der Waals surface area contributed by atoms with E-state index in [4.69, 9.17) is 4.74 Å². The average Bonchev–Trinajstić information content (AvgIpc) is 3.27. The van der Waals surface area contributed by atoms with Gasteiger partial charge < -0.3 is 25.6 Å². The van der Waals surface area contributed by atoms with Crippen LogP contribution in [0.15, 0.2) is 54.6 Å². The molecule has 0 radical (unpaired) electrons. The highest BCUT2D eigenvalue weighted by Crippen LogP contribution is 2.19. The topological polar surface area (TPSA) is 108 Å². The molecule has 0 aromatic heterocycles. The van der Waals surface area contributed by atoms with Gasteiger partial charge in [-0.1, -0.05) is 30.3 Å². The van der Waals surface area contributed by atoms with Crippen molar-refractivity contribution in [1.29, 1.82) is 0 Å². The molecule has 1 aliphatic heterocycles. The Morgan fingerprint density at radius 2 is 1.83 bits per heavy atom. The lowest BCUT2D eigenvalue weighted by molar-refractivity contribution is -0.122. The molecular formula is C22H26N2O5. The van der Waals surface area contributed by atoms with Crippen LogP contribution in [0.2, 0.25) is 0 Å². The quantitative estimate of drug-likeness (QED) is 0.542. The predicted molar refractivity (Wildman–Crippen MR) is 107 cm³/mol. The number of carbonyl (C=O) groups excluding carboxylic acids is 2. The molecule has 1 aliphatic rings. The van der Waals surface area contributed by atoms with E-state index in [1.54, 1.807) is 0 Å². The molecule has 7 nitrogen and oxygen atoms in total. The molecular weight excluding hydrogens is 372 g/mol. The van der Waals surface area contributed by atoms with E-state index in [0.717, 1.165) is 12.0 Å². The number of nitrogens with one attached hydrogen (secondary N) is 2. The molecule has 3 rings (SSSR count). The van der Waals surface area contributed by atoms with Crippen LogP contribution in [0, 0.1) is 5.92 Å². The summed E-state index contributed by atoms with van der Waals surface area (Å²) in [5, 5.41) is 25.2. The predicted octanol–water partition coefficient (Wildman–Crippen LogP) is 1.77. The van der Waals surface area contributed by atoms with E-state index in [0.29, 0.717) is 18.8 Å². The third-order valence-corrected chi connectivity index (χ3v) is 5.04. The molecule has 4 N–H and O–H groups in total. The lowest BCUT2D eigenvalue weighted by Gasteiger charge is -2.21. The highest BCUT2D eigenvalue weighted by Gasteiger charge is 2.25. The maximum absolute atomic E-state index is 12.6.